The van der Waals surface area contributed by atoms with Gasteiger partial charge in [0.1, 0.15) is 0 Å². The number of aromatic nitrogens is 1. The van der Waals surface area contributed by atoms with Gasteiger partial charge in [0.15, 0.2) is 0 Å². The minimum atomic E-state index is 0.731. The maximum absolute atomic E-state index is 5.66. The summed E-state index contributed by atoms with van der Waals surface area (Å²) in [6, 6.07) is 9.01. The average Bonchev–Trinajstić information content (AvgIpc) is 2.83. The summed E-state index contributed by atoms with van der Waals surface area (Å²) in [6.45, 7) is 1.92. The summed E-state index contributed by atoms with van der Waals surface area (Å²) in [5.41, 5.74) is 8.41. The van der Waals surface area contributed by atoms with Gasteiger partial charge in [-0.15, -0.1) is 0 Å². The van der Waals surface area contributed by atoms with Gasteiger partial charge in [0.2, 0.25) is 0 Å². The number of nitrogens with zero attached hydrogens (tertiary/aromatic N) is 1. The zero-order valence-electron chi connectivity index (χ0n) is 11.6. The molecule has 2 aromatic rings. The van der Waals surface area contributed by atoms with E-state index < -0.39 is 0 Å². The number of hydrogen-bond acceptors (Lipinski definition) is 1. The number of nitrogens with two attached hydrogens (primary N) is 1. The third kappa shape index (κ3) is 2.84. The van der Waals surface area contributed by atoms with Crippen LogP contribution in [0.4, 0.5) is 0 Å². The molecule has 0 amide bonds. The van der Waals surface area contributed by atoms with Crippen LogP contribution in [0.5, 0.6) is 0 Å². The highest BCUT2D eigenvalue weighted by molar-refractivity contribution is 5.80. The Kier molecular flexibility index (Phi) is 3.88. The number of benzene rings is 1. The van der Waals surface area contributed by atoms with Crippen LogP contribution in [0.2, 0.25) is 0 Å². The predicted octanol–water partition coefficient (Wildman–Crippen LogP) is 3.72. The summed E-state index contributed by atoms with van der Waals surface area (Å²) >= 11 is 0. The molecular weight excluding hydrogens is 232 g/mol. The van der Waals surface area contributed by atoms with E-state index in [1.54, 1.807) is 0 Å². The van der Waals surface area contributed by atoms with Crippen LogP contribution in [0.1, 0.15) is 37.7 Å². The molecule has 0 unspecified atom stereocenters. The Hall–Kier alpha value is -1.28. The minimum absolute atomic E-state index is 0.731. The lowest BCUT2D eigenvalue weighted by Crippen LogP contribution is -2.13. The van der Waals surface area contributed by atoms with Crippen molar-refractivity contribution < 1.29 is 0 Å². The molecule has 0 atom stereocenters. The monoisotopic (exact) mass is 256 g/mol. The van der Waals surface area contributed by atoms with Gasteiger partial charge in [0.05, 0.1) is 0 Å². The summed E-state index contributed by atoms with van der Waals surface area (Å²) in [4.78, 5) is 0. The molecule has 1 aromatic heterocycles. The van der Waals surface area contributed by atoms with Crippen LogP contribution in [0, 0.1) is 5.92 Å². The molecule has 0 spiro atoms. The minimum Gasteiger partial charge on any atom is -0.347 e. The second-order valence-corrected chi connectivity index (χ2v) is 5.90. The fraction of sp³-hybridized carbons (Fsp3) is 0.529. The van der Waals surface area contributed by atoms with E-state index in [2.05, 4.69) is 35.0 Å². The lowest BCUT2D eigenvalue weighted by Gasteiger charge is -2.22. The van der Waals surface area contributed by atoms with Crippen molar-refractivity contribution in [1.29, 1.82) is 0 Å². The molecule has 0 saturated heterocycles. The van der Waals surface area contributed by atoms with Crippen LogP contribution < -0.4 is 5.73 Å². The Labute approximate surface area is 115 Å². The Balaban J connectivity index is 1.83. The van der Waals surface area contributed by atoms with Crippen LogP contribution in [-0.2, 0) is 13.0 Å². The van der Waals surface area contributed by atoms with Gasteiger partial charge in [-0.2, -0.15) is 0 Å². The number of hydrogen-bond donors (Lipinski definition) is 1. The van der Waals surface area contributed by atoms with Gasteiger partial charge < -0.3 is 10.3 Å². The standard InChI is InChI=1S/C17H24N2/c18-10-8-14-6-7-16-9-11-19(17(16)12-14)13-15-4-2-1-3-5-15/h6-7,9,11-12,15H,1-5,8,10,13,18H2. The van der Waals surface area contributed by atoms with E-state index in [1.165, 1.54) is 55.1 Å². The molecule has 1 aliphatic carbocycles. The van der Waals surface area contributed by atoms with Crippen LogP contribution in [0.25, 0.3) is 10.9 Å². The molecule has 1 aliphatic rings. The molecule has 0 aliphatic heterocycles. The highest BCUT2D eigenvalue weighted by Crippen LogP contribution is 2.27. The first-order chi connectivity index (χ1) is 9.36. The summed E-state index contributed by atoms with van der Waals surface area (Å²) < 4.78 is 2.45. The molecule has 1 aromatic carbocycles. The predicted molar refractivity (Wildman–Crippen MR) is 81.3 cm³/mol. The van der Waals surface area contributed by atoms with Crippen molar-refractivity contribution in [1.82, 2.24) is 4.57 Å². The van der Waals surface area contributed by atoms with E-state index in [0.717, 1.165) is 18.9 Å². The van der Waals surface area contributed by atoms with E-state index in [4.69, 9.17) is 5.73 Å². The van der Waals surface area contributed by atoms with Crippen molar-refractivity contribution >= 4 is 10.9 Å². The SMILES string of the molecule is NCCc1ccc2ccn(CC3CCCCC3)c2c1. The molecule has 2 nitrogen and oxygen atoms in total. The van der Waals surface area contributed by atoms with Gasteiger partial charge in [0, 0.05) is 18.3 Å². The first-order valence-electron chi connectivity index (χ1n) is 7.64. The van der Waals surface area contributed by atoms with Crippen molar-refractivity contribution in [2.45, 2.75) is 45.1 Å². The Morgan fingerprint density at radius 3 is 2.74 bits per heavy atom. The van der Waals surface area contributed by atoms with E-state index in [9.17, 15) is 0 Å². The van der Waals surface area contributed by atoms with Crippen LogP contribution in [0.15, 0.2) is 30.5 Å². The third-order valence-corrected chi connectivity index (χ3v) is 4.45. The highest BCUT2D eigenvalue weighted by atomic mass is 15.0. The van der Waals surface area contributed by atoms with Crippen molar-refractivity contribution in [3.8, 4) is 0 Å². The molecule has 1 fully saturated rings. The molecule has 3 rings (SSSR count). The lowest BCUT2D eigenvalue weighted by molar-refractivity contribution is 0.322. The molecule has 2 heteroatoms. The fourth-order valence-electron chi connectivity index (χ4n) is 3.36. The van der Waals surface area contributed by atoms with Crippen LogP contribution >= 0.6 is 0 Å². The van der Waals surface area contributed by atoms with E-state index in [1.807, 2.05) is 0 Å². The molecule has 19 heavy (non-hydrogen) atoms. The summed E-state index contributed by atoms with van der Waals surface area (Å²) in [5.74, 6) is 0.877. The molecular formula is C17H24N2. The zero-order chi connectivity index (χ0) is 13.1. The van der Waals surface area contributed by atoms with Gasteiger partial charge in [-0.05, 0) is 54.8 Å². The van der Waals surface area contributed by atoms with Crippen LogP contribution in [0.3, 0.4) is 0 Å². The summed E-state index contributed by atoms with van der Waals surface area (Å²) in [7, 11) is 0. The third-order valence-electron chi connectivity index (χ3n) is 4.45. The first kappa shape index (κ1) is 12.7. The molecule has 1 saturated carbocycles. The summed E-state index contributed by atoms with van der Waals surface area (Å²) in [5, 5.41) is 1.36. The van der Waals surface area contributed by atoms with Gasteiger partial charge in [-0.3, -0.25) is 0 Å². The van der Waals surface area contributed by atoms with Gasteiger partial charge in [0.25, 0.3) is 0 Å². The van der Waals surface area contributed by atoms with Crippen molar-refractivity contribution in [2.75, 3.05) is 6.54 Å². The Morgan fingerprint density at radius 2 is 1.95 bits per heavy atom. The Bertz CT molecular complexity index is 535. The number of fused-ring (bicyclic) bond motifs is 1. The smallest absolute Gasteiger partial charge is 0.0483 e. The van der Waals surface area contributed by atoms with Gasteiger partial charge in [-0.1, -0.05) is 31.4 Å². The summed E-state index contributed by atoms with van der Waals surface area (Å²) in [6.07, 6.45) is 10.3. The topological polar surface area (TPSA) is 30.9 Å². The second-order valence-electron chi connectivity index (χ2n) is 5.90. The lowest BCUT2D eigenvalue weighted by atomic mass is 9.89. The average molecular weight is 256 g/mol. The normalized spacial score (nSPS) is 17.1. The van der Waals surface area contributed by atoms with Gasteiger partial charge >= 0.3 is 0 Å². The second kappa shape index (κ2) is 5.79. The van der Waals surface area contributed by atoms with Crippen molar-refractivity contribution in [2.24, 2.45) is 11.7 Å². The number of rotatable bonds is 4. The highest BCUT2D eigenvalue weighted by Gasteiger charge is 2.14. The van der Waals surface area contributed by atoms with E-state index in [0.29, 0.717) is 0 Å². The molecule has 0 bridgehead atoms. The molecule has 2 N–H and O–H groups in total. The van der Waals surface area contributed by atoms with Gasteiger partial charge in [-0.25, -0.2) is 0 Å². The molecule has 102 valence electrons. The quantitative estimate of drug-likeness (QED) is 0.888. The molecule has 0 radical (unpaired) electrons. The zero-order valence-corrected chi connectivity index (χ0v) is 11.6. The maximum Gasteiger partial charge on any atom is 0.0483 e. The van der Waals surface area contributed by atoms with Crippen LogP contribution in [-0.4, -0.2) is 11.1 Å². The first-order valence-corrected chi connectivity index (χ1v) is 7.64. The maximum atomic E-state index is 5.66. The van der Waals surface area contributed by atoms with Crippen molar-refractivity contribution in [3.63, 3.8) is 0 Å². The largest absolute Gasteiger partial charge is 0.347 e. The fourth-order valence-corrected chi connectivity index (χ4v) is 3.36. The van der Waals surface area contributed by atoms with E-state index >= 15 is 0 Å². The Morgan fingerprint density at radius 1 is 1.11 bits per heavy atom. The van der Waals surface area contributed by atoms with E-state index in [-0.39, 0.29) is 0 Å². The van der Waals surface area contributed by atoms with Crippen molar-refractivity contribution in [3.05, 3.63) is 36.0 Å². The molecule has 1 heterocycles.